The summed E-state index contributed by atoms with van der Waals surface area (Å²) in [4.78, 5) is 2.36. The van der Waals surface area contributed by atoms with Crippen LogP contribution < -0.4 is 10.2 Å². The van der Waals surface area contributed by atoms with Gasteiger partial charge in [0.2, 0.25) is 0 Å². The SMILES string of the molecule is CCc1ccc(N(C)CCCCCCNC)cc1. The van der Waals surface area contributed by atoms with Crippen LogP contribution >= 0.6 is 0 Å². The van der Waals surface area contributed by atoms with Gasteiger partial charge in [-0.25, -0.2) is 0 Å². The largest absolute Gasteiger partial charge is 0.375 e. The van der Waals surface area contributed by atoms with E-state index in [0.29, 0.717) is 0 Å². The molecule has 0 radical (unpaired) electrons. The number of unbranched alkanes of at least 4 members (excludes halogenated alkanes) is 3. The summed E-state index contributed by atoms with van der Waals surface area (Å²) in [6, 6.07) is 8.94. The lowest BCUT2D eigenvalue weighted by atomic mass is 10.1. The summed E-state index contributed by atoms with van der Waals surface area (Å²) in [5.41, 5.74) is 2.75. The third-order valence-corrected chi connectivity index (χ3v) is 3.46. The first-order valence-electron chi connectivity index (χ1n) is 7.22. The average Bonchev–Trinajstić information content (AvgIpc) is 2.42. The Morgan fingerprint density at radius 1 is 1.00 bits per heavy atom. The average molecular weight is 248 g/mol. The highest BCUT2D eigenvalue weighted by molar-refractivity contribution is 5.46. The summed E-state index contributed by atoms with van der Waals surface area (Å²) >= 11 is 0. The van der Waals surface area contributed by atoms with E-state index in [1.807, 2.05) is 7.05 Å². The lowest BCUT2D eigenvalue weighted by molar-refractivity contribution is 0.615. The molecule has 0 aromatic heterocycles. The molecule has 0 amide bonds. The van der Waals surface area contributed by atoms with E-state index in [1.54, 1.807) is 0 Å². The van der Waals surface area contributed by atoms with Crippen LogP contribution in [0.4, 0.5) is 5.69 Å². The standard InChI is InChI=1S/C16H28N2/c1-4-15-9-11-16(12-10-15)18(3)14-8-6-5-7-13-17-2/h9-12,17H,4-8,13-14H2,1-3H3. The third kappa shape index (κ3) is 5.54. The summed E-state index contributed by atoms with van der Waals surface area (Å²) in [6.45, 7) is 4.50. The van der Waals surface area contributed by atoms with Crippen molar-refractivity contribution in [3.63, 3.8) is 0 Å². The van der Waals surface area contributed by atoms with Crippen molar-refractivity contribution in [3.05, 3.63) is 29.8 Å². The Kier molecular flexibility index (Phi) is 7.51. The van der Waals surface area contributed by atoms with Gasteiger partial charge in [0.15, 0.2) is 0 Å². The van der Waals surface area contributed by atoms with Gasteiger partial charge in [0.25, 0.3) is 0 Å². The summed E-state index contributed by atoms with van der Waals surface area (Å²) in [7, 11) is 4.21. The van der Waals surface area contributed by atoms with Crippen molar-refractivity contribution in [2.24, 2.45) is 0 Å². The van der Waals surface area contributed by atoms with Crippen LogP contribution in [0.5, 0.6) is 0 Å². The Bertz CT molecular complexity index is 305. The van der Waals surface area contributed by atoms with Gasteiger partial charge in [0.05, 0.1) is 0 Å². The van der Waals surface area contributed by atoms with Crippen LogP contribution in [-0.2, 0) is 6.42 Å². The molecule has 0 saturated carbocycles. The molecule has 0 spiro atoms. The maximum atomic E-state index is 3.19. The minimum absolute atomic E-state index is 1.12. The molecule has 0 heterocycles. The topological polar surface area (TPSA) is 15.3 Å². The molecule has 2 nitrogen and oxygen atoms in total. The highest BCUT2D eigenvalue weighted by Gasteiger charge is 2.00. The van der Waals surface area contributed by atoms with Gasteiger partial charge >= 0.3 is 0 Å². The number of hydrogen-bond donors (Lipinski definition) is 1. The third-order valence-electron chi connectivity index (χ3n) is 3.46. The lowest BCUT2D eigenvalue weighted by Gasteiger charge is -2.19. The number of nitrogens with one attached hydrogen (secondary N) is 1. The normalized spacial score (nSPS) is 10.6. The second-order valence-electron chi connectivity index (χ2n) is 4.96. The van der Waals surface area contributed by atoms with E-state index in [2.05, 4.69) is 48.5 Å². The molecule has 1 aromatic rings. The summed E-state index contributed by atoms with van der Waals surface area (Å²) in [5.74, 6) is 0. The van der Waals surface area contributed by atoms with E-state index in [4.69, 9.17) is 0 Å². The van der Waals surface area contributed by atoms with Gasteiger partial charge in [-0.15, -0.1) is 0 Å². The van der Waals surface area contributed by atoms with Crippen LogP contribution in [0.2, 0.25) is 0 Å². The van der Waals surface area contributed by atoms with Crippen LogP contribution in [0.3, 0.4) is 0 Å². The first-order chi connectivity index (χ1) is 8.77. The van der Waals surface area contributed by atoms with Crippen molar-refractivity contribution in [2.75, 3.05) is 32.1 Å². The van der Waals surface area contributed by atoms with Gasteiger partial charge in [-0.2, -0.15) is 0 Å². The maximum Gasteiger partial charge on any atom is 0.0363 e. The van der Waals surface area contributed by atoms with Crippen molar-refractivity contribution in [1.29, 1.82) is 0 Å². The fourth-order valence-corrected chi connectivity index (χ4v) is 2.12. The van der Waals surface area contributed by atoms with Gasteiger partial charge < -0.3 is 10.2 Å². The molecular weight excluding hydrogens is 220 g/mol. The molecule has 102 valence electrons. The lowest BCUT2D eigenvalue weighted by Crippen LogP contribution is -2.18. The van der Waals surface area contributed by atoms with Gasteiger partial charge in [-0.05, 0) is 50.6 Å². The van der Waals surface area contributed by atoms with E-state index >= 15 is 0 Å². The molecular formula is C16H28N2. The van der Waals surface area contributed by atoms with Crippen LogP contribution in [0.15, 0.2) is 24.3 Å². The van der Waals surface area contributed by atoms with Crippen molar-refractivity contribution >= 4 is 5.69 Å². The van der Waals surface area contributed by atoms with Crippen molar-refractivity contribution in [3.8, 4) is 0 Å². The predicted molar refractivity (Wildman–Crippen MR) is 81.5 cm³/mol. The number of benzene rings is 1. The minimum Gasteiger partial charge on any atom is -0.375 e. The number of anilines is 1. The van der Waals surface area contributed by atoms with Crippen LogP contribution in [0, 0.1) is 0 Å². The Balaban J connectivity index is 2.21. The first-order valence-corrected chi connectivity index (χ1v) is 7.22. The van der Waals surface area contributed by atoms with Crippen LogP contribution in [0.25, 0.3) is 0 Å². The fraction of sp³-hybridized carbons (Fsp3) is 0.625. The summed E-state index contributed by atoms with van der Waals surface area (Å²) in [6.07, 6.45) is 6.37. The summed E-state index contributed by atoms with van der Waals surface area (Å²) < 4.78 is 0. The maximum absolute atomic E-state index is 3.19. The number of hydrogen-bond acceptors (Lipinski definition) is 2. The first kappa shape index (κ1) is 15.0. The highest BCUT2D eigenvalue weighted by atomic mass is 15.1. The molecule has 0 aliphatic heterocycles. The molecule has 18 heavy (non-hydrogen) atoms. The van der Waals surface area contributed by atoms with Crippen LogP contribution in [0.1, 0.15) is 38.2 Å². The van der Waals surface area contributed by atoms with E-state index in [1.165, 1.54) is 36.9 Å². The van der Waals surface area contributed by atoms with Gasteiger partial charge in [-0.3, -0.25) is 0 Å². The van der Waals surface area contributed by atoms with Gasteiger partial charge in [0, 0.05) is 19.3 Å². The Labute approximate surface area is 112 Å². The van der Waals surface area contributed by atoms with Gasteiger partial charge in [-0.1, -0.05) is 31.9 Å². The Hall–Kier alpha value is -1.02. The second kappa shape index (κ2) is 8.98. The molecule has 1 aromatic carbocycles. The molecule has 0 bridgehead atoms. The Morgan fingerprint density at radius 2 is 1.67 bits per heavy atom. The molecule has 0 aliphatic rings. The minimum atomic E-state index is 1.12. The van der Waals surface area contributed by atoms with Crippen molar-refractivity contribution < 1.29 is 0 Å². The van der Waals surface area contributed by atoms with Crippen molar-refractivity contribution in [2.45, 2.75) is 39.0 Å². The Morgan fingerprint density at radius 3 is 2.28 bits per heavy atom. The number of nitrogens with zero attached hydrogens (tertiary/aromatic N) is 1. The van der Waals surface area contributed by atoms with Crippen molar-refractivity contribution in [1.82, 2.24) is 5.32 Å². The van der Waals surface area contributed by atoms with Gasteiger partial charge in [0.1, 0.15) is 0 Å². The van der Waals surface area contributed by atoms with E-state index in [0.717, 1.165) is 19.5 Å². The predicted octanol–water partition coefficient (Wildman–Crippen LogP) is 3.47. The number of aryl methyl sites for hydroxylation is 1. The molecule has 1 N–H and O–H groups in total. The number of rotatable bonds is 9. The smallest absolute Gasteiger partial charge is 0.0363 e. The highest BCUT2D eigenvalue weighted by Crippen LogP contribution is 2.15. The fourth-order valence-electron chi connectivity index (χ4n) is 2.12. The second-order valence-corrected chi connectivity index (χ2v) is 4.96. The molecule has 0 fully saturated rings. The monoisotopic (exact) mass is 248 g/mol. The molecule has 2 heteroatoms. The zero-order chi connectivity index (χ0) is 13.2. The van der Waals surface area contributed by atoms with E-state index in [-0.39, 0.29) is 0 Å². The molecule has 0 aliphatic carbocycles. The summed E-state index contributed by atoms with van der Waals surface area (Å²) in [5, 5.41) is 3.19. The molecule has 0 atom stereocenters. The molecule has 0 unspecified atom stereocenters. The quantitative estimate of drug-likeness (QED) is 0.673. The zero-order valence-electron chi connectivity index (χ0n) is 12.2. The molecule has 1 rings (SSSR count). The molecule has 0 saturated heterocycles. The zero-order valence-corrected chi connectivity index (χ0v) is 12.2. The van der Waals surface area contributed by atoms with E-state index < -0.39 is 0 Å². The van der Waals surface area contributed by atoms with Crippen LogP contribution in [-0.4, -0.2) is 27.2 Å². The van der Waals surface area contributed by atoms with E-state index in [9.17, 15) is 0 Å².